The van der Waals surface area contributed by atoms with E-state index in [1.54, 1.807) is 24.3 Å². The second-order valence-corrected chi connectivity index (χ2v) is 5.97. The van der Waals surface area contributed by atoms with Crippen LogP contribution in [0.3, 0.4) is 0 Å². The van der Waals surface area contributed by atoms with Crippen molar-refractivity contribution < 1.29 is 19.2 Å². The van der Waals surface area contributed by atoms with Crippen LogP contribution in [-0.2, 0) is 16.0 Å². The largest absolute Gasteiger partial charge is 0.479 e. The fourth-order valence-corrected chi connectivity index (χ4v) is 2.28. The number of nitrogens with zero attached hydrogens (tertiary/aromatic N) is 2. The Balaban J connectivity index is 1.98. The minimum atomic E-state index is -1.21. The fraction of sp³-hybridized carbons (Fsp3) is 0.375. The number of carboxylic acid groups (broad SMARTS) is 1. The Labute approximate surface area is 144 Å². The smallest absolute Gasteiger partial charge is 0.330 e. The Bertz CT molecular complexity index is 730. The second kappa shape index (κ2) is 7.92. The van der Waals surface area contributed by atoms with E-state index in [9.17, 15) is 14.7 Å². The van der Waals surface area contributed by atoms with Gasteiger partial charge in [-0.3, -0.25) is 4.79 Å². The Morgan fingerprint density at radius 3 is 2.62 bits per heavy atom. The van der Waals surface area contributed by atoms with Gasteiger partial charge in [0, 0.05) is 29.3 Å². The van der Waals surface area contributed by atoms with E-state index >= 15 is 0 Å². The number of carboxylic acids is 1. The molecule has 1 unspecified atom stereocenters. The summed E-state index contributed by atoms with van der Waals surface area (Å²) in [5.74, 6) is -0.570. The quantitative estimate of drug-likeness (QED) is 0.794. The van der Waals surface area contributed by atoms with E-state index in [1.165, 1.54) is 0 Å². The third-order valence-electron chi connectivity index (χ3n) is 3.33. The van der Waals surface area contributed by atoms with Crippen LogP contribution in [0.15, 0.2) is 28.8 Å². The molecule has 2 aromatic rings. The summed E-state index contributed by atoms with van der Waals surface area (Å²) in [5, 5.41) is 15.9. The molecule has 1 aromatic heterocycles. The lowest BCUT2D eigenvalue weighted by molar-refractivity contribution is -0.142. The highest BCUT2D eigenvalue weighted by Crippen LogP contribution is 2.23. The third kappa shape index (κ3) is 4.55. The minimum absolute atomic E-state index is 0.0357. The van der Waals surface area contributed by atoms with Gasteiger partial charge in [-0.05, 0) is 6.07 Å². The number of aromatic nitrogens is 2. The average Bonchev–Trinajstić information content (AvgIpc) is 3.00. The number of hydrogen-bond acceptors (Lipinski definition) is 5. The standard InChI is InChI=1S/C16H18ClN3O4/c1-9(2)15-19-13(24-20-15)8-7-12(21)18-14(16(22)23)10-5-3-4-6-11(10)17/h3-6,9,14H,7-8H2,1-2H3,(H,18,21)(H,22,23). The Morgan fingerprint density at radius 2 is 2.04 bits per heavy atom. The zero-order valence-corrected chi connectivity index (χ0v) is 14.1. The Morgan fingerprint density at radius 1 is 1.33 bits per heavy atom. The van der Waals surface area contributed by atoms with Crippen molar-refractivity contribution in [2.24, 2.45) is 0 Å². The highest BCUT2D eigenvalue weighted by molar-refractivity contribution is 6.31. The number of halogens is 1. The molecule has 128 valence electrons. The number of amides is 1. The van der Waals surface area contributed by atoms with Crippen LogP contribution >= 0.6 is 11.6 Å². The molecule has 0 bridgehead atoms. The molecule has 0 radical (unpaired) electrons. The number of hydrogen-bond donors (Lipinski definition) is 2. The molecule has 24 heavy (non-hydrogen) atoms. The second-order valence-electron chi connectivity index (χ2n) is 5.56. The van der Waals surface area contributed by atoms with E-state index in [0.29, 0.717) is 17.3 Å². The molecule has 7 nitrogen and oxygen atoms in total. The first-order chi connectivity index (χ1) is 11.4. The van der Waals surface area contributed by atoms with Crippen LogP contribution in [0.4, 0.5) is 0 Å². The maximum Gasteiger partial charge on any atom is 0.330 e. The molecular formula is C16H18ClN3O4. The van der Waals surface area contributed by atoms with Crippen molar-refractivity contribution in [2.75, 3.05) is 0 Å². The first-order valence-corrected chi connectivity index (χ1v) is 7.85. The first kappa shape index (κ1) is 17.9. The summed E-state index contributed by atoms with van der Waals surface area (Å²) in [6.45, 7) is 3.87. The van der Waals surface area contributed by atoms with Crippen molar-refractivity contribution in [2.45, 2.75) is 38.6 Å². The lowest BCUT2D eigenvalue weighted by Gasteiger charge is -2.15. The minimum Gasteiger partial charge on any atom is -0.479 e. The molecule has 0 aliphatic heterocycles. The number of aliphatic carboxylic acids is 1. The van der Waals surface area contributed by atoms with E-state index in [-0.39, 0.29) is 23.8 Å². The van der Waals surface area contributed by atoms with E-state index in [2.05, 4.69) is 15.5 Å². The number of aryl methyl sites for hydroxylation is 1. The van der Waals surface area contributed by atoms with Crippen molar-refractivity contribution in [3.8, 4) is 0 Å². The molecule has 1 atom stereocenters. The van der Waals surface area contributed by atoms with Gasteiger partial charge in [-0.1, -0.05) is 48.8 Å². The third-order valence-corrected chi connectivity index (χ3v) is 3.68. The normalized spacial score (nSPS) is 12.2. The van der Waals surface area contributed by atoms with Crippen LogP contribution < -0.4 is 5.32 Å². The molecule has 0 spiro atoms. The van der Waals surface area contributed by atoms with E-state index in [0.717, 1.165) is 0 Å². The summed E-state index contributed by atoms with van der Waals surface area (Å²) in [6.07, 6.45) is 0.272. The van der Waals surface area contributed by atoms with Crippen molar-refractivity contribution in [1.82, 2.24) is 15.5 Å². The Kier molecular flexibility index (Phi) is 5.92. The van der Waals surface area contributed by atoms with Crippen LogP contribution in [0.1, 0.15) is 49.5 Å². The summed E-state index contributed by atoms with van der Waals surface area (Å²) in [7, 11) is 0. The van der Waals surface area contributed by atoms with Crippen molar-refractivity contribution >= 4 is 23.5 Å². The van der Waals surface area contributed by atoms with Crippen LogP contribution in [0.25, 0.3) is 0 Å². The van der Waals surface area contributed by atoms with Gasteiger partial charge in [0.25, 0.3) is 0 Å². The van der Waals surface area contributed by atoms with Crippen molar-refractivity contribution in [1.29, 1.82) is 0 Å². The maximum atomic E-state index is 12.0. The van der Waals surface area contributed by atoms with E-state index < -0.39 is 17.9 Å². The summed E-state index contributed by atoms with van der Waals surface area (Å²) in [5.41, 5.74) is 0.333. The molecule has 0 aliphatic carbocycles. The molecule has 0 saturated heterocycles. The summed E-state index contributed by atoms with van der Waals surface area (Å²) < 4.78 is 5.05. The molecular weight excluding hydrogens is 334 g/mol. The summed E-state index contributed by atoms with van der Waals surface area (Å²) in [6, 6.07) is 5.28. The fourth-order valence-electron chi connectivity index (χ4n) is 2.04. The number of carbonyl (C=O) groups excluding carboxylic acids is 1. The lowest BCUT2D eigenvalue weighted by atomic mass is 10.1. The van der Waals surface area contributed by atoms with E-state index in [4.69, 9.17) is 16.1 Å². The number of carbonyl (C=O) groups is 2. The molecule has 2 N–H and O–H groups in total. The predicted octanol–water partition coefficient (Wildman–Crippen LogP) is 2.72. The first-order valence-electron chi connectivity index (χ1n) is 7.47. The van der Waals surface area contributed by atoms with Crippen LogP contribution in [0, 0.1) is 0 Å². The Hall–Kier alpha value is -2.41. The van der Waals surface area contributed by atoms with E-state index in [1.807, 2.05) is 13.8 Å². The SMILES string of the molecule is CC(C)c1noc(CCC(=O)NC(C(=O)O)c2ccccc2Cl)n1. The van der Waals surface area contributed by atoms with Gasteiger partial charge in [-0.2, -0.15) is 4.98 Å². The lowest BCUT2D eigenvalue weighted by Crippen LogP contribution is -2.34. The van der Waals surface area contributed by atoms with Crippen LogP contribution in [0.5, 0.6) is 0 Å². The van der Waals surface area contributed by atoms with Gasteiger partial charge in [0.05, 0.1) is 0 Å². The highest BCUT2D eigenvalue weighted by atomic mass is 35.5. The van der Waals surface area contributed by atoms with Crippen LogP contribution in [-0.4, -0.2) is 27.1 Å². The number of rotatable bonds is 7. The predicted molar refractivity (Wildman–Crippen MR) is 86.7 cm³/mol. The zero-order chi connectivity index (χ0) is 17.7. The van der Waals surface area contributed by atoms with Gasteiger partial charge in [0.1, 0.15) is 0 Å². The summed E-state index contributed by atoms with van der Waals surface area (Å²) in [4.78, 5) is 27.6. The molecule has 1 heterocycles. The zero-order valence-electron chi connectivity index (χ0n) is 13.3. The molecule has 1 amide bonds. The maximum absolute atomic E-state index is 12.0. The molecule has 8 heteroatoms. The average molecular weight is 352 g/mol. The summed E-state index contributed by atoms with van der Waals surface area (Å²) >= 11 is 6.00. The highest BCUT2D eigenvalue weighted by Gasteiger charge is 2.24. The molecule has 1 aromatic carbocycles. The monoisotopic (exact) mass is 351 g/mol. The van der Waals surface area contributed by atoms with Gasteiger partial charge >= 0.3 is 5.97 Å². The van der Waals surface area contributed by atoms with Gasteiger partial charge in [0.2, 0.25) is 11.8 Å². The van der Waals surface area contributed by atoms with Crippen molar-refractivity contribution in [3.63, 3.8) is 0 Å². The van der Waals surface area contributed by atoms with Crippen molar-refractivity contribution in [3.05, 3.63) is 46.6 Å². The number of benzene rings is 1. The molecule has 0 fully saturated rings. The number of nitrogens with one attached hydrogen (secondary N) is 1. The van der Waals surface area contributed by atoms with Gasteiger partial charge in [0.15, 0.2) is 11.9 Å². The van der Waals surface area contributed by atoms with Gasteiger partial charge in [-0.15, -0.1) is 0 Å². The molecule has 2 rings (SSSR count). The van der Waals surface area contributed by atoms with Gasteiger partial charge in [-0.25, -0.2) is 4.79 Å². The molecule has 0 aliphatic rings. The molecule has 0 saturated carbocycles. The van der Waals surface area contributed by atoms with Gasteiger partial charge < -0.3 is 14.9 Å². The van der Waals surface area contributed by atoms with Crippen LogP contribution in [0.2, 0.25) is 5.02 Å². The topological polar surface area (TPSA) is 105 Å².